The van der Waals surface area contributed by atoms with Gasteiger partial charge in [-0.1, -0.05) is 11.6 Å². The molecule has 0 saturated carbocycles. The molecule has 2 N–H and O–H groups in total. The molecule has 0 aliphatic heterocycles. The first-order chi connectivity index (χ1) is 7.41. The second-order valence-corrected chi connectivity index (χ2v) is 4.46. The average Bonchev–Trinajstić information content (AvgIpc) is 2.20. The van der Waals surface area contributed by atoms with Crippen LogP contribution in [0.2, 0.25) is 5.02 Å². The molecular formula is C10H9BrClNO3. The van der Waals surface area contributed by atoms with Gasteiger partial charge in [0, 0.05) is 9.50 Å². The van der Waals surface area contributed by atoms with E-state index in [4.69, 9.17) is 16.7 Å². The van der Waals surface area contributed by atoms with Crippen LogP contribution in [0.4, 0.5) is 5.69 Å². The highest BCUT2D eigenvalue weighted by Gasteiger charge is 2.20. The van der Waals surface area contributed by atoms with Crippen molar-refractivity contribution in [1.82, 2.24) is 0 Å². The molecule has 0 heterocycles. The van der Waals surface area contributed by atoms with Crippen LogP contribution < -0.4 is 5.32 Å². The Balaban J connectivity index is 2.81. The van der Waals surface area contributed by atoms with Gasteiger partial charge in [-0.25, -0.2) is 0 Å². The standard InChI is InChI=1S/C10H9BrClNO3/c1-5(10(15)16)9(14)13-8-3-2-6(12)4-7(8)11/h2-5H,1H3,(H,13,14)(H,15,16). The number of benzene rings is 1. The summed E-state index contributed by atoms with van der Waals surface area (Å²) in [7, 11) is 0. The molecule has 6 heteroatoms. The highest BCUT2D eigenvalue weighted by molar-refractivity contribution is 9.10. The number of rotatable bonds is 3. The van der Waals surface area contributed by atoms with Gasteiger partial charge >= 0.3 is 5.97 Å². The summed E-state index contributed by atoms with van der Waals surface area (Å²) in [6, 6.07) is 4.81. The minimum absolute atomic E-state index is 0.488. The molecule has 0 spiro atoms. The van der Waals surface area contributed by atoms with Crippen molar-refractivity contribution in [2.75, 3.05) is 5.32 Å². The number of halogens is 2. The van der Waals surface area contributed by atoms with Gasteiger partial charge in [0.1, 0.15) is 5.92 Å². The smallest absolute Gasteiger partial charge is 0.315 e. The van der Waals surface area contributed by atoms with Gasteiger partial charge in [0.05, 0.1) is 5.69 Å². The molecule has 86 valence electrons. The molecule has 0 aliphatic rings. The van der Waals surface area contributed by atoms with Crippen LogP contribution in [0, 0.1) is 5.92 Å². The second kappa shape index (κ2) is 5.32. The van der Waals surface area contributed by atoms with Crippen LogP contribution in [-0.4, -0.2) is 17.0 Å². The summed E-state index contributed by atoms with van der Waals surface area (Å²) in [6.07, 6.45) is 0. The molecule has 1 rings (SSSR count). The summed E-state index contributed by atoms with van der Waals surface area (Å²) < 4.78 is 0.603. The number of anilines is 1. The fourth-order valence-electron chi connectivity index (χ4n) is 0.944. The fourth-order valence-corrected chi connectivity index (χ4v) is 1.73. The topological polar surface area (TPSA) is 66.4 Å². The van der Waals surface area contributed by atoms with E-state index in [2.05, 4.69) is 21.2 Å². The summed E-state index contributed by atoms with van der Waals surface area (Å²) in [5, 5.41) is 11.7. The quantitative estimate of drug-likeness (QED) is 0.844. The van der Waals surface area contributed by atoms with Gasteiger partial charge in [-0.15, -0.1) is 0 Å². The molecule has 1 aromatic rings. The molecule has 0 aliphatic carbocycles. The summed E-state index contributed by atoms with van der Waals surface area (Å²) >= 11 is 8.94. The number of aliphatic carboxylic acids is 1. The molecule has 0 radical (unpaired) electrons. The van der Waals surface area contributed by atoms with Gasteiger partial charge in [-0.3, -0.25) is 9.59 Å². The zero-order valence-corrected chi connectivity index (χ0v) is 10.7. The maximum atomic E-state index is 11.4. The molecule has 1 aromatic carbocycles. The first kappa shape index (κ1) is 13.0. The van der Waals surface area contributed by atoms with Crippen molar-refractivity contribution in [3.63, 3.8) is 0 Å². The van der Waals surface area contributed by atoms with Gasteiger partial charge in [0.15, 0.2) is 0 Å². The Morgan fingerprint density at radius 3 is 2.62 bits per heavy atom. The predicted octanol–water partition coefficient (Wildman–Crippen LogP) is 2.76. The molecule has 0 saturated heterocycles. The van der Waals surface area contributed by atoms with Crippen molar-refractivity contribution < 1.29 is 14.7 Å². The fraction of sp³-hybridized carbons (Fsp3) is 0.200. The van der Waals surface area contributed by atoms with Crippen molar-refractivity contribution in [3.8, 4) is 0 Å². The Morgan fingerprint density at radius 2 is 2.12 bits per heavy atom. The van der Waals surface area contributed by atoms with E-state index < -0.39 is 17.8 Å². The highest BCUT2D eigenvalue weighted by atomic mass is 79.9. The third-order valence-electron chi connectivity index (χ3n) is 1.95. The Hall–Kier alpha value is -1.07. The van der Waals surface area contributed by atoms with Crippen molar-refractivity contribution in [2.24, 2.45) is 5.92 Å². The lowest BCUT2D eigenvalue weighted by atomic mass is 10.1. The zero-order chi connectivity index (χ0) is 12.3. The van der Waals surface area contributed by atoms with E-state index in [1.807, 2.05) is 0 Å². The van der Waals surface area contributed by atoms with Crippen molar-refractivity contribution in [1.29, 1.82) is 0 Å². The van der Waals surface area contributed by atoms with E-state index in [0.717, 1.165) is 0 Å². The van der Waals surface area contributed by atoms with Gasteiger partial charge < -0.3 is 10.4 Å². The van der Waals surface area contributed by atoms with E-state index >= 15 is 0 Å². The minimum atomic E-state index is -1.16. The highest BCUT2D eigenvalue weighted by Crippen LogP contribution is 2.26. The number of carboxylic acids is 1. The lowest BCUT2D eigenvalue weighted by Crippen LogP contribution is -2.26. The molecule has 0 bridgehead atoms. The molecule has 1 atom stereocenters. The summed E-state index contributed by atoms with van der Waals surface area (Å²) in [6.45, 7) is 1.32. The van der Waals surface area contributed by atoms with Crippen LogP contribution in [0.1, 0.15) is 6.92 Å². The van der Waals surface area contributed by atoms with Gasteiger partial charge in [0.2, 0.25) is 5.91 Å². The number of carbonyl (C=O) groups is 2. The molecule has 1 amide bonds. The van der Waals surface area contributed by atoms with Crippen LogP contribution in [-0.2, 0) is 9.59 Å². The second-order valence-electron chi connectivity index (χ2n) is 3.17. The van der Waals surface area contributed by atoms with Gasteiger partial charge in [-0.05, 0) is 41.1 Å². The number of hydrogen-bond acceptors (Lipinski definition) is 2. The van der Waals surface area contributed by atoms with E-state index in [9.17, 15) is 9.59 Å². The first-order valence-electron chi connectivity index (χ1n) is 4.40. The maximum absolute atomic E-state index is 11.4. The van der Waals surface area contributed by atoms with Crippen LogP contribution >= 0.6 is 27.5 Å². The van der Waals surface area contributed by atoms with Crippen LogP contribution in [0.25, 0.3) is 0 Å². The van der Waals surface area contributed by atoms with Crippen molar-refractivity contribution in [2.45, 2.75) is 6.92 Å². The summed E-state index contributed by atoms with van der Waals surface area (Å²) in [4.78, 5) is 22.0. The minimum Gasteiger partial charge on any atom is -0.481 e. The number of carboxylic acid groups (broad SMARTS) is 1. The Morgan fingerprint density at radius 1 is 1.50 bits per heavy atom. The molecule has 0 fully saturated rings. The van der Waals surface area contributed by atoms with Crippen molar-refractivity contribution >= 4 is 45.1 Å². The van der Waals surface area contributed by atoms with Crippen molar-refractivity contribution in [3.05, 3.63) is 27.7 Å². The average molecular weight is 307 g/mol. The third kappa shape index (κ3) is 3.21. The number of amides is 1. The van der Waals surface area contributed by atoms with Crippen LogP contribution in [0.5, 0.6) is 0 Å². The van der Waals surface area contributed by atoms with E-state index in [1.165, 1.54) is 6.92 Å². The normalized spacial score (nSPS) is 11.9. The number of carbonyl (C=O) groups excluding carboxylic acids is 1. The van der Waals surface area contributed by atoms with Gasteiger partial charge in [0.25, 0.3) is 0 Å². The molecule has 4 nitrogen and oxygen atoms in total. The first-order valence-corrected chi connectivity index (χ1v) is 5.57. The molecule has 1 unspecified atom stereocenters. The van der Waals surface area contributed by atoms with E-state index in [1.54, 1.807) is 18.2 Å². The lowest BCUT2D eigenvalue weighted by Gasteiger charge is -2.09. The molecule has 16 heavy (non-hydrogen) atoms. The Bertz CT molecular complexity index is 436. The Kier molecular flexibility index (Phi) is 4.32. The summed E-state index contributed by atoms with van der Waals surface area (Å²) in [5.41, 5.74) is 0.488. The SMILES string of the molecule is CC(C(=O)O)C(=O)Nc1ccc(Cl)cc1Br. The monoisotopic (exact) mass is 305 g/mol. The maximum Gasteiger partial charge on any atom is 0.315 e. The van der Waals surface area contributed by atoms with Crippen LogP contribution in [0.3, 0.4) is 0 Å². The zero-order valence-electron chi connectivity index (χ0n) is 8.33. The van der Waals surface area contributed by atoms with Gasteiger partial charge in [-0.2, -0.15) is 0 Å². The Labute approximate surface area is 106 Å². The number of nitrogens with one attached hydrogen (secondary N) is 1. The largest absolute Gasteiger partial charge is 0.481 e. The summed E-state index contributed by atoms with van der Waals surface area (Å²) in [5.74, 6) is -2.83. The predicted molar refractivity (Wildman–Crippen MR) is 64.6 cm³/mol. The lowest BCUT2D eigenvalue weighted by molar-refractivity contribution is -0.144. The van der Waals surface area contributed by atoms with E-state index in [0.29, 0.717) is 15.2 Å². The molecule has 0 aromatic heterocycles. The number of hydrogen-bond donors (Lipinski definition) is 2. The third-order valence-corrected chi connectivity index (χ3v) is 2.84. The molecular weight excluding hydrogens is 297 g/mol. The van der Waals surface area contributed by atoms with Crippen LogP contribution in [0.15, 0.2) is 22.7 Å². The van der Waals surface area contributed by atoms with E-state index in [-0.39, 0.29) is 0 Å².